The van der Waals surface area contributed by atoms with E-state index in [9.17, 15) is 0 Å². The fourth-order valence-electron chi connectivity index (χ4n) is 0.700. The van der Waals surface area contributed by atoms with Gasteiger partial charge in [0.1, 0.15) is 12.2 Å². The second kappa shape index (κ2) is 6.33. The molecule has 0 aliphatic heterocycles. The number of hydrogen-bond acceptors (Lipinski definition) is 5. The van der Waals surface area contributed by atoms with Gasteiger partial charge in [0.15, 0.2) is 6.29 Å². The number of rotatable bonds is 6. The van der Waals surface area contributed by atoms with E-state index in [1.165, 1.54) is 14.0 Å². The van der Waals surface area contributed by atoms with Gasteiger partial charge in [-0.25, -0.2) is 0 Å². The molecule has 0 aliphatic rings. The summed E-state index contributed by atoms with van der Waals surface area (Å²) in [6.07, 6.45) is -2.31. The maximum absolute atomic E-state index is 9.04. The fourth-order valence-corrected chi connectivity index (χ4v) is 0.700. The number of aliphatic hydroxyl groups excluding tert-OH is 3. The second-order valence-corrected chi connectivity index (χ2v) is 2.47. The minimum Gasteiger partial charge on any atom is -0.394 e. The van der Waals surface area contributed by atoms with Crippen LogP contribution >= 0.6 is 0 Å². The van der Waals surface area contributed by atoms with Crippen LogP contribution in [0.5, 0.6) is 0 Å². The molecule has 5 heteroatoms. The summed E-state index contributed by atoms with van der Waals surface area (Å²) in [6, 6.07) is 0. The minimum atomic E-state index is -0.811. The van der Waals surface area contributed by atoms with Crippen LogP contribution in [0.25, 0.3) is 0 Å². The Balaban J connectivity index is 3.82. The van der Waals surface area contributed by atoms with E-state index in [2.05, 4.69) is 0 Å². The van der Waals surface area contributed by atoms with Gasteiger partial charge in [-0.15, -0.1) is 0 Å². The summed E-state index contributed by atoms with van der Waals surface area (Å²) < 4.78 is 9.74. The number of ether oxygens (including phenoxy) is 2. The van der Waals surface area contributed by atoms with Crippen molar-refractivity contribution in [3.8, 4) is 0 Å². The average Bonchev–Trinajstić information content (AvgIpc) is 2.06. The summed E-state index contributed by atoms with van der Waals surface area (Å²) in [6.45, 7) is 0.895. The molecule has 12 heavy (non-hydrogen) atoms. The molecule has 0 aromatic heterocycles. The summed E-state index contributed by atoms with van der Waals surface area (Å²) >= 11 is 0. The molecule has 2 atom stereocenters. The summed E-state index contributed by atoms with van der Waals surface area (Å²) in [5, 5.41) is 26.3. The van der Waals surface area contributed by atoms with E-state index in [4.69, 9.17) is 24.8 Å². The molecular formula is C7H16O5. The van der Waals surface area contributed by atoms with Crippen molar-refractivity contribution in [2.24, 2.45) is 0 Å². The van der Waals surface area contributed by atoms with Crippen molar-refractivity contribution in [1.82, 2.24) is 0 Å². The first-order valence-electron chi connectivity index (χ1n) is 3.73. The number of hydrogen-bond donors (Lipinski definition) is 3. The first kappa shape index (κ1) is 11.8. The van der Waals surface area contributed by atoms with Crippen molar-refractivity contribution in [1.29, 1.82) is 0 Å². The van der Waals surface area contributed by atoms with Gasteiger partial charge in [-0.3, -0.25) is 0 Å². The molecule has 0 radical (unpaired) electrons. The Labute approximate surface area is 71.5 Å². The number of aliphatic hydroxyl groups is 3. The van der Waals surface area contributed by atoms with Gasteiger partial charge in [-0.1, -0.05) is 0 Å². The first-order valence-corrected chi connectivity index (χ1v) is 3.73. The molecule has 74 valence electrons. The molecule has 0 saturated carbocycles. The molecule has 0 fully saturated rings. The Hall–Kier alpha value is -0.200. The standard InChI is InChI=1S/C7H16O5/c1-5(10)7(11-2)12-6(3-8)4-9/h5-10H,3-4H2,1-2H3/t5-,7?/m0/s1. The van der Waals surface area contributed by atoms with Crippen LogP contribution in [-0.4, -0.2) is 54.1 Å². The maximum Gasteiger partial charge on any atom is 0.183 e. The highest BCUT2D eigenvalue weighted by Gasteiger charge is 2.19. The van der Waals surface area contributed by atoms with Crippen LogP contribution in [0.4, 0.5) is 0 Å². The SMILES string of the molecule is COC(OC(CO)CO)[C@H](C)O. The van der Waals surface area contributed by atoms with Crippen molar-refractivity contribution in [3.63, 3.8) is 0 Å². The topological polar surface area (TPSA) is 79.2 Å². The highest BCUT2D eigenvalue weighted by molar-refractivity contribution is 4.58. The normalized spacial score (nSPS) is 16.5. The average molecular weight is 180 g/mol. The predicted molar refractivity (Wildman–Crippen MR) is 41.5 cm³/mol. The van der Waals surface area contributed by atoms with Crippen molar-refractivity contribution >= 4 is 0 Å². The van der Waals surface area contributed by atoms with Gasteiger partial charge in [0.25, 0.3) is 0 Å². The van der Waals surface area contributed by atoms with Crippen LogP contribution in [0, 0.1) is 0 Å². The van der Waals surface area contributed by atoms with Gasteiger partial charge in [-0.2, -0.15) is 0 Å². The van der Waals surface area contributed by atoms with Gasteiger partial charge >= 0.3 is 0 Å². The van der Waals surface area contributed by atoms with Crippen molar-refractivity contribution in [2.75, 3.05) is 20.3 Å². The predicted octanol–water partition coefficient (Wildman–Crippen LogP) is -1.29. The molecule has 0 saturated heterocycles. The van der Waals surface area contributed by atoms with Crippen LogP contribution in [0.15, 0.2) is 0 Å². The third-order valence-electron chi connectivity index (χ3n) is 1.36. The van der Waals surface area contributed by atoms with Crippen LogP contribution in [-0.2, 0) is 9.47 Å². The van der Waals surface area contributed by atoms with Gasteiger partial charge in [0.05, 0.1) is 13.2 Å². The Morgan fingerprint density at radius 3 is 2.00 bits per heavy atom. The lowest BCUT2D eigenvalue weighted by Gasteiger charge is -2.22. The third-order valence-corrected chi connectivity index (χ3v) is 1.36. The zero-order valence-corrected chi connectivity index (χ0v) is 7.30. The fraction of sp³-hybridized carbons (Fsp3) is 1.00. The maximum atomic E-state index is 9.04. The Kier molecular flexibility index (Phi) is 6.23. The van der Waals surface area contributed by atoms with E-state index in [0.29, 0.717) is 0 Å². The van der Waals surface area contributed by atoms with Crippen molar-refractivity contribution < 1.29 is 24.8 Å². The molecule has 0 aliphatic carbocycles. The monoisotopic (exact) mass is 180 g/mol. The van der Waals surface area contributed by atoms with Crippen LogP contribution in [0.2, 0.25) is 0 Å². The molecular weight excluding hydrogens is 164 g/mol. The lowest BCUT2D eigenvalue weighted by molar-refractivity contribution is -0.211. The molecule has 0 heterocycles. The molecule has 0 bridgehead atoms. The van der Waals surface area contributed by atoms with Gasteiger partial charge in [0, 0.05) is 7.11 Å². The Morgan fingerprint density at radius 1 is 1.25 bits per heavy atom. The van der Waals surface area contributed by atoms with E-state index in [1.54, 1.807) is 0 Å². The van der Waals surface area contributed by atoms with Gasteiger partial charge in [0.2, 0.25) is 0 Å². The summed E-state index contributed by atoms with van der Waals surface area (Å²) in [5.74, 6) is 0. The van der Waals surface area contributed by atoms with E-state index < -0.39 is 18.5 Å². The van der Waals surface area contributed by atoms with E-state index in [0.717, 1.165) is 0 Å². The molecule has 0 rings (SSSR count). The lowest BCUT2D eigenvalue weighted by atomic mass is 10.3. The largest absolute Gasteiger partial charge is 0.394 e. The first-order chi connectivity index (χ1) is 5.65. The van der Waals surface area contributed by atoms with E-state index in [-0.39, 0.29) is 13.2 Å². The summed E-state index contributed by atoms with van der Waals surface area (Å²) in [5.41, 5.74) is 0. The van der Waals surface area contributed by atoms with E-state index >= 15 is 0 Å². The van der Waals surface area contributed by atoms with Gasteiger partial charge in [-0.05, 0) is 6.92 Å². The molecule has 0 aromatic rings. The van der Waals surface area contributed by atoms with Crippen molar-refractivity contribution in [2.45, 2.75) is 25.4 Å². The smallest absolute Gasteiger partial charge is 0.183 e. The van der Waals surface area contributed by atoms with Crippen LogP contribution < -0.4 is 0 Å². The zero-order chi connectivity index (χ0) is 9.56. The van der Waals surface area contributed by atoms with Crippen LogP contribution in [0.1, 0.15) is 6.92 Å². The minimum absolute atomic E-state index is 0.302. The summed E-state index contributed by atoms with van der Waals surface area (Å²) in [4.78, 5) is 0. The highest BCUT2D eigenvalue weighted by atomic mass is 16.7. The number of methoxy groups -OCH3 is 1. The highest BCUT2D eigenvalue weighted by Crippen LogP contribution is 2.03. The van der Waals surface area contributed by atoms with Crippen LogP contribution in [0.3, 0.4) is 0 Å². The Bertz CT molecular complexity index is 102. The quantitative estimate of drug-likeness (QED) is 0.443. The zero-order valence-electron chi connectivity index (χ0n) is 7.30. The summed E-state index contributed by atoms with van der Waals surface area (Å²) in [7, 11) is 1.38. The molecule has 5 nitrogen and oxygen atoms in total. The second-order valence-electron chi connectivity index (χ2n) is 2.47. The van der Waals surface area contributed by atoms with Crippen molar-refractivity contribution in [3.05, 3.63) is 0 Å². The molecule has 1 unspecified atom stereocenters. The van der Waals surface area contributed by atoms with E-state index in [1.807, 2.05) is 0 Å². The molecule has 0 spiro atoms. The molecule has 0 aromatic carbocycles. The molecule has 3 N–H and O–H groups in total. The van der Waals surface area contributed by atoms with Gasteiger partial charge < -0.3 is 24.8 Å². The molecule has 0 amide bonds. The lowest BCUT2D eigenvalue weighted by Crippen LogP contribution is -2.35. The Morgan fingerprint density at radius 2 is 1.75 bits per heavy atom. The third kappa shape index (κ3) is 3.99.